The highest BCUT2D eigenvalue weighted by atomic mass is 79.9. The molecule has 110 valence electrons. The van der Waals surface area contributed by atoms with Gasteiger partial charge in [0.15, 0.2) is 17.7 Å². The molecule has 2 aromatic carbocycles. The van der Waals surface area contributed by atoms with Gasteiger partial charge in [-0.25, -0.2) is 13.2 Å². The van der Waals surface area contributed by atoms with Crippen LogP contribution in [0, 0.1) is 17.5 Å². The molecule has 2 nitrogen and oxygen atoms in total. The Hall–Kier alpha value is -1.82. The lowest BCUT2D eigenvalue weighted by Crippen LogP contribution is -2.25. The first-order valence-corrected chi connectivity index (χ1v) is 6.78. The Morgan fingerprint density at radius 1 is 1.10 bits per heavy atom. The maximum atomic E-state index is 13.6. The lowest BCUT2D eigenvalue weighted by molar-refractivity contribution is 0.0808. The molecule has 0 fully saturated rings. The van der Waals surface area contributed by atoms with Crippen LogP contribution in [-0.2, 0) is 0 Å². The largest absolute Gasteiger partial charge is 0.479 e. The third kappa shape index (κ3) is 3.64. The minimum absolute atomic E-state index is 0.124. The van der Waals surface area contributed by atoms with E-state index in [4.69, 9.17) is 4.74 Å². The monoisotopic (exact) mass is 358 g/mol. The van der Waals surface area contributed by atoms with Crippen molar-refractivity contribution in [1.82, 2.24) is 0 Å². The van der Waals surface area contributed by atoms with Gasteiger partial charge >= 0.3 is 0 Å². The number of hydrogen-bond acceptors (Lipinski definition) is 2. The topological polar surface area (TPSA) is 26.3 Å². The van der Waals surface area contributed by atoms with Crippen LogP contribution in [0.3, 0.4) is 0 Å². The standard InChI is InChI=1S/C15H10BrF3O2/c1-8(21-14-5-2-9(16)6-13(14)19)15(20)11-4-3-10(17)7-12(11)18/h2-8H,1H3. The number of ether oxygens (including phenoxy) is 1. The fourth-order valence-electron chi connectivity index (χ4n) is 1.72. The summed E-state index contributed by atoms with van der Waals surface area (Å²) in [5, 5.41) is 0. The molecular weight excluding hydrogens is 349 g/mol. The predicted octanol–water partition coefficient (Wildman–Crippen LogP) is 4.52. The second kappa shape index (κ2) is 6.30. The Morgan fingerprint density at radius 3 is 2.43 bits per heavy atom. The van der Waals surface area contributed by atoms with E-state index in [2.05, 4.69) is 15.9 Å². The van der Waals surface area contributed by atoms with E-state index < -0.39 is 29.3 Å². The van der Waals surface area contributed by atoms with Gasteiger partial charge in [-0.3, -0.25) is 4.79 Å². The number of rotatable bonds is 4. The van der Waals surface area contributed by atoms with E-state index >= 15 is 0 Å². The van der Waals surface area contributed by atoms with Crippen LogP contribution >= 0.6 is 15.9 Å². The number of hydrogen-bond donors (Lipinski definition) is 0. The van der Waals surface area contributed by atoms with E-state index in [1.54, 1.807) is 6.07 Å². The SMILES string of the molecule is CC(Oc1ccc(Br)cc1F)C(=O)c1ccc(F)cc1F. The zero-order valence-corrected chi connectivity index (χ0v) is 12.5. The van der Waals surface area contributed by atoms with Crippen LogP contribution < -0.4 is 4.74 Å². The fourth-order valence-corrected chi connectivity index (χ4v) is 2.06. The molecule has 0 amide bonds. The van der Waals surface area contributed by atoms with Crippen molar-refractivity contribution in [1.29, 1.82) is 0 Å². The first kappa shape index (κ1) is 15.6. The lowest BCUT2D eigenvalue weighted by Gasteiger charge is -2.14. The summed E-state index contributed by atoms with van der Waals surface area (Å²) in [6.45, 7) is 1.37. The average molecular weight is 359 g/mol. The molecule has 0 spiro atoms. The Morgan fingerprint density at radius 2 is 1.81 bits per heavy atom. The van der Waals surface area contributed by atoms with Gasteiger partial charge in [-0.1, -0.05) is 15.9 Å². The van der Waals surface area contributed by atoms with Crippen molar-refractivity contribution in [2.45, 2.75) is 13.0 Å². The molecule has 0 saturated heterocycles. The number of carbonyl (C=O) groups is 1. The highest BCUT2D eigenvalue weighted by Gasteiger charge is 2.21. The lowest BCUT2D eigenvalue weighted by atomic mass is 10.1. The molecule has 2 aromatic rings. The molecule has 0 saturated carbocycles. The van der Waals surface area contributed by atoms with Gasteiger partial charge in [0.25, 0.3) is 0 Å². The van der Waals surface area contributed by atoms with Crippen molar-refractivity contribution in [3.8, 4) is 5.75 Å². The molecule has 2 rings (SSSR count). The molecule has 6 heteroatoms. The molecule has 1 atom stereocenters. The molecule has 0 heterocycles. The first-order valence-electron chi connectivity index (χ1n) is 5.99. The Labute approximate surface area is 127 Å². The van der Waals surface area contributed by atoms with Crippen LogP contribution in [0.2, 0.25) is 0 Å². The summed E-state index contributed by atoms with van der Waals surface area (Å²) < 4.78 is 45.7. The number of ketones is 1. The van der Waals surface area contributed by atoms with Gasteiger partial charge in [0, 0.05) is 10.5 Å². The zero-order valence-electron chi connectivity index (χ0n) is 10.9. The van der Waals surface area contributed by atoms with E-state index in [0.717, 1.165) is 12.1 Å². The van der Waals surface area contributed by atoms with E-state index in [-0.39, 0.29) is 11.3 Å². The van der Waals surface area contributed by atoms with Crippen LogP contribution in [0.1, 0.15) is 17.3 Å². The third-order valence-corrected chi connectivity index (χ3v) is 3.26. The van der Waals surface area contributed by atoms with Gasteiger partial charge in [0.2, 0.25) is 5.78 Å². The van der Waals surface area contributed by atoms with Crippen molar-refractivity contribution in [2.24, 2.45) is 0 Å². The molecule has 0 aliphatic carbocycles. The maximum Gasteiger partial charge on any atom is 0.205 e. The summed E-state index contributed by atoms with van der Waals surface area (Å²) in [6.07, 6.45) is -1.11. The normalized spacial score (nSPS) is 12.0. The molecule has 0 aliphatic heterocycles. The summed E-state index contributed by atoms with van der Waals surface area (Å²) in [5.74, 6) is -3.23. The van der Waals surface area contributed by atoms with E-state index in [9.17, 15) is 18.0 Å². The van der Waals surface area contributed by atoms with Crippen LogP contribution in [0.15, 0.2) is 40.9 Å². The predicted molar refractivity (Wildman–Crippen MR) is 74.9 cm³/mol. The second-order valence-electron chi connectivity index (χ2n) is 4.32. The second-order valence-corrected chi connectivity index (χ2v) is 5.24. The molecule has 1 unspecified atom stereocenters. The van der Waals surface area contributed by atoms with Gasteiger partial charge in [-0.05, 0) is 37.3 Å². The smallest absolute Gasteiger partial charge is 0.205 e. The number of halogens is 4. The Kier molecular flexibility index (Phi) is 4.67. The molecule has 0 bridgehead atoms. The minimum atomic E-state index is -1.11. The molecule has 0 aromatic heterocycles. The van der Waals surface area contributed by atoms with Gasteiger partial charge in [0.1, 0.15) is 11.6 Å². The molecule has 21 heavy (non-hydrogen) atoms. The highest BCUT2D eigenvalue weighted by molar-refractivity contribution is 9.10. The van der Waals surface area contributed by atoms with Gasteiger partial charge in [0.05, 0.1) is 5.56 Å². The van der Waals surface area contributed by atoms with Crippen molar-refractivity contribution in [3.05, 3.63) is 63.9 Å². The van der Waals surface area contributed by atoms with Gasteiger partial charge < -0.3 is 4.74 Å². The number of Topliss-reactive ketones (excluding diaryl/α,β-unsaturated/α-hetero) is 1. The maximum absolute atomic E-state index is 13.6. The van der Waals surface area contributed by atoms with Crippen molar-refractivity contribution in [2.75, 3.05) is 0 Å². The van der Waals surface area contributed by atoms with Crippen molar-refractivity contribution in [3.63, 3.8) is 0 Å². The van der Waals surface area contributed by atoms with Crippen LogP contribution in [0.25, 0.3) is 0 Å². The summed E-state index contributed by atoms with van der Waals surface area (Å²) >= 11 is 3.10. The Bertz CT molecular complexity index is 689. The number of carbonyl (C=O) groups excluding carboxylic acids is 1. The average Bonchev–Trinajstić information content (AvgIpc) is 2.41. The Balaban J connectivity index is 2.19. The van der Waals surface area contributed by atoms with Crippen LogP contribution in [-0.4, -0.2) is 11.9 Å². The van der Waals surface area contributed by atoms with E-state index in [0.29, 0.717) is 10.5 Å². The molecular formula is C15H10BrF3O2. The molecule has 0 radical (unpaired) electrons. The summed E-state index contributed by atoms with van der Waals surface area (Å²) in [5.41, 5.74) is -0.304. The third-order valence-electron chi connectivity index (χ3n) is 2.76. The first-order chi connectivity index (χ1) is 9.88. The van der Waals surface area contributed by atoms with E-state index in [1.165, 1.54) is 19.1 Å². The zero-order chi connectivity index (χ0) is 15.6. The summed E-state index contributed by atoms with van der Waals surface area (Å²) in [7, 11) is 0. The summed E-state index contributed by atoms with van der Waals surface area (Å²) in [6, 6.07) is 6.71. The van der Waals surface area contributed by atoms with Crippen molar-refractivity contribution < 1.29 is 22.7 Å². The van der Waals surface area contributed by atoms with Gasteiger partial charge in [-0.15, -0.1) is 0 Å². The molecule has 0 N–H and O–H groups in total. The number of benzene rings is 2. The van der Waals surface area contributed by atoms with Crippen molar-refractivity contribution >= 4 is 21.7 Å². The summed E-state index contributed by atoms with van der Waals surface area (Å²) in [4.78, 5) is 12.0. The van der Waals surface area contributed by atoms with Gasteiger partial charge in [-0.2, -0.15) is 0 Å². The quantitative estimate of drug-likeness (QED) is 0.751. The fraction of sp³-hybridized carbons (Fsp3) is 0.133. The minimum Gasteiger partial charge on any atom is -0.479 e. The van der Waals surface area contributed by atoms with E-state index in [1.807, 2.05) is 0 Å². The van der Waals surface area contributed by atoms with Crippen LogP contribution in [0.5, 0.6) is 5.75 Å². The molecule has 0 aliphatic rings. The highest BCUT2D eigenvalue weighted by Crippen LogP contribution is 2.23. The van der Waals surface area contributed by atoms with Crippen LogP contribution in [0.4, 0.5) is 13.2 Å².